The van der Waals surface area contributed by atoms with Crippen molar-refractivity contribution in [1.29, 1.82) is 0 Å². The van der Waals surface area contributed by atoms with E-state index in [-0.39, 0.29) is 17.8 Å². The van der Waals surface area contributed by atoms with E-state index in [9.17, 15) is 4.39 Å². The minimum Gasteiger partial charge on any atom is -0.398 e. The van der Waals surface area contributed by atoms with Gasteiger partial charge in [0.2, 0.25) is 0 Å². The largest absolute Gasteiger partial charge is 0.398 e. The van der Waals surface area contributed by atoms with Gasteiger partial charge in [-0.1, -0.05) is 13.8 Å². The number of nitrogen functional groups attached to an aromatic ring is 1. The van der Waals surface area contributed by atoms with Crippen LogP contribution in [0.15, 0.2) is 18.2 Å². The van der Waals surface area contributed by atoms with Crippen LogP contribution in [0, 0.1) is 11.7 Å². The van der Waals surface area contributed by atoms with Crippen LogP contribution in [0.25, 0.3) is 0 Å². The standard InChI is InChI=1S/C10H15FN2/c1-6(2)10(13)8-5-7(11)3-4-9(8)12/h3-6,10H,12-13H2,1-2H3/t10-/m0/s1. The topological polar surface area (TPSA) is 52.0 Å². The highest BCUT2D eigenvalue weighted by Crippen LogP contribution is 2.24. The Kier molecular flexibility index (Phi) is 2.88. The van der Waals surface area contributed by atoms with Gasteiger partial charge in [-0.15, -0.1) is 0 Å². The lowest BCUT2D eigenvalue weighted by Gasteiger charge is -2.17. The van der Waals surface area contributed by atoms with Crippen molar-refractivity contribution in [3.63, 3.8) is 0 Å². The van der Waals surface area contributed by atoms with Crippen molar-refractivity contribution >= 4 is 5.69 Å². The van der Waals surface area contributed by atoms with Gasteiger partial charge < -0.3 is 11.5 Å². The van der Waals surface area contributed by atoms with Crippen LogP contribution in [-0.4, -0.2) is 0 Å². The summed E-state index contributed by atoms with van der Waals surface area (Å²) in [5.74, 6) is -0.0376. The number of benzene rings is 1. The third kappa shape index (κ3) is 2.18. The molecule has 4 N–H and O–H groups in total. The first kappa shape index (κ1) is 9.99. The van der Waals surface area contributed by atoms with Crippen LogP contribution in [0.4, 0.5) is 10.1 Å². The van der Waals surface area contributed by atoms with Crippen LogP contribution >= 0.6 is 0 Å². The van der Waals surface area contributed by atoms with Crippen molar-refractivity contribution in [2.45, 2.75) is 19.9 Å². The van der Waals surface area contributed by atoms with Gasteiger partial charge in [0, 0.05) is 11.7 Å². The van der Waals surface area contributed by atoms with Crippen molar-refractivity contribution < 1.29 is 4.39 Å². The van der Waals surface area contributed by atoms with Crippen LogP contribution in [0.1, 0.15) is 25.5 Å². The number of hydrogen-bond donors (Lipinski definition) is 2. The minimum absolute atomic E-state index is 0.198. The Bertz CT molecular complexity index is 297. The summed E-state index contributed by atoms with van der Waals surface area (Å²) in [4.78, 5) is 0. The van der Waals surface area contributed by atoms with E-state index in [0.717, 1.165) is 0 Å². The molecule has 72 valence electrons. The van der Waals surface area contributed by atoms with Gasteiger partial charge in [0.15, 0.2) is 0 Å². The summed E-state index contributed by atoms with van der Waals surface area (Å²) >= 11 is 0. The lowest BCUT2D eigenvalue weighted by Crippen LogP contribution is -2.18. The fourth-order valence-electron chi connectivity index (χ4n) is 1.19. The molecule has 0 unspecified atom stereocenters. The summed E-state index contributed by atoms with van der Waals surface area (Å²) in [6.45, 7) is 3.96. The zero-order valence-electron chi connectivity index (χ0n) is 7.92. The molecule has 0 aliphatic heterocycles. The van der Waals surface area contributed by atoms with Gasteiger partial charge in [-0.05, 0) is 29.7 Å². The molecule has 0 amide bonds. The van der Waals surface area contributed by atoms with Crippen LogP contribution in [0.3, 0.4) is 0 Å². The van der Waals surface area contributed by atoms with E-state index in [4.69, 9.17) is 11.5 Å². The Morgan fingerprint density at radius 1 is 1.31 bits per heavy atom. The van der Waals surface area contributed by atoms with Crippen molar-refractivity contribution in [2.75, 3.05) is 5.73 Å². The molecule has 1 atom stereocenters. The number of anilines is 1. The summed E-state index contributed by atoms with van der Waals surface area (Å²) < 4.78 is 12.9. The Hall–Kier alpha value is -1.09. The highest BCUT2D eigenvalue weighted by atomic mass is 19.1. The summed E-state index contributed by atoms with van der Waals surface area (Å²) in [7, 11) is 0. The Morgan fingerprint density at radius 3 is 2.46 bits per heavy atom. The quantitative estimate of drug-likeness (QED) is 0.688. The molecule has 13 heavy (non-hydrogen) atoms. The minimum atomic E-state index is -0.291. The van der Waals surface area contributed by atoms with Gasteiger partial charge in [-0.3, -0.25) is 0 Å². The van der Waals surface area contributed by atoms with Crippen molar-refractivity contribution in [1.82, 2.24) is 0 Å². The monoisotopic (exact) mass is 182 g/mol. The average molecular weight is 182 g/mol. The molecule has 0 spiro atoms. The Labute approximate surface area is 77.7 Å². The van der Waals surface area contributed by atoms with Gasteiger partial charge >= 0.3 is 0 Å². The maximum atomic E-state index is 12.9. The molecule has 0 aliphatic rings. The molecule has 0 bridgehead atoms. The first-order valence-electron chi connectivity index (χ1n) is 4.33. The summed E-state index contributed by atoms with van der Waals surface area (Å²) in [5.41, 5.74) is 12.8. The summed E-state index contributed by atoms with van der Waals surface area (Å²) in [6.07, 6.45) is 0. The van der Waals surface area contributed by atoms with Gasteiger partial charge in [-0.25, -0.2) is 4.39 Å². The second kappa shape index (κ2) is 3.75. The maximum Gasteiger partial charge on any atom is 0.123 e. The van der Waals surface area contributed by atoms with E-state index in [1.807, 2.05) is 13.8 Å². The number of hydrogen-bond acceptors (Lipinski definition) is 2. The van der Waals surface area contributed by atoms with E-state index in [1.165, 1.54) is 12.1 Å². The Balaban J connectivity index is 3.05. The smallest absolute Gasteiger partial charge is 0.123 e. The molecule has 1 aromatic rings. The highest BCUT2D eigenvalue weighted by molar-refractivity contribution is 5.48. The van der Waals surface area contributed by atoms with Crippen molar-refractivity contribution in [3.05, 3.63) is 29.6 Å². The Morgan fingerprint density at radius 2 is 1.92 bits per heavy atom. The van der Waals surface area contributed by atoms with E-state index >= 15 is 0 Å². The molecule has 0 saturated carbocycles. The molecular weight excluding hydrogens is 167 g/mol. The molecule has 1 aromatic carbocycles. The lowest BCUT2D eigenvalue weighted by atomic mass is 9.96. The second-order valence-electron chi connectivity index (χ2n) is 3.54. The zero-order valence-corrected chi connectivity index (χ0v) is 7.92. The van der Waals surface area contributed by atoms with Crippen LogP contribution in [0.5, 0.6) is 0 Å². The molecule has 2 nitrogen and oxygen atoms in total. The van der Waals surface area contributed by atoms with E-state index < -0.39 is 0 Å². The summed E-state index contributed by atoms with van der Waals surface area (Å²) in [6, 6.07) is 4.09. The molecule has 0 fully saturated rings. The normalized spacial score (nSPS) is 13.3. The molecule has 0 radical (unpaired) electrons. The number of halogens is 1. The average Bonchev–Trinajstić information content (AvgIpc) is 2.08. The molecule has 0 aromatic heterocycles. The van der Waals surface area contributed by atoms with Crippen LogP contribution < -0.4 is 11.5 Å². The number of nitrogens with two attached hydrogens (primary N) is 2. The van der Waals surface area contributed by atoms with E-state index in [2.05, 4.69) is 0 Å². The predicted octanol–water partition coefficient (Wildman–Crippen LogP) is 2.06. The van der Waals surface area contributed by atoms with E-state index in [1.54, 1.807) is 6.07 Å². The SMILES string of the molecule is CC(C)[C@H](N)c1cc(F)ccc1N. The van der Waals surface area contributed by atoms with Gasteiger partial charge in [0.05, 0.1) is 0 Å². The molecular formula is C10H15FN2. The highest BCUT2D eigenvalue weighted by Gasteiger charge is 2.13. The molecule has 0 heterocycles. The van der Waals surface area contributed by atoms with Crippen LogP contribution in [0.2, 0.25) is 0 Å². The van der Waals surface area contributed by atoms with Crippen molar-refractivity contribution in [3.8, 4) is 0 Å². The molecule has 0 aliphatic carbocycles. The molecule has 0 saturated heterocycles. The first-order chi connectivity index (χ1) is 6.02. The molecule has 3 heteroatoms. The fraction of sp³-hybridized carbons (Fsp3) is 0.400. The maximum absolute atomic E-state index is 12.9. The third-order valence-electron chi connectivity index (χ3n) is 2.13. The first-order valence-corrected chi connectivity index (χ1v) is 4.33. The number of rotatable bonds is 2. The fourth-order valence-corrected chi connectivity index (χ4v) is 1.19. The lowest BCUT2D eigenvalue weighted by molar-refractivity contribution is 0.511. The van der Waals surface area contributed by atoms with E-state index in [0.29, 0.717) is 11.3 Å². The van der Waals surface area contributed by atoms with Gasteiger partial charge in [0.1, 0.15) is 5.82 Å². The van der Waals surface area contributed by atoms with Gasteiger partial charge in [0.25, 0.3) is 0 Å². The predicted molar refractivity (Wildman–Crippen MR) is 52.6 cm³/mol. The summed E-state index contributed by atoms with van der Waals surface area (Å²) in [5, 5.41) is 0. The van der Waals surface area contributed by atoms with Gasteiger partial charge in [-0.2, -0.15) is 0 Å². The zero-order chi connectivity index (χ0) is 10.0. The van der Waals surface area contributed by atoms with Crippen LogP contribution in [-0.2, 0) is 0 Å². The third-order valence-corrected chi connectivity index (χ3v) is 2.13. The molecule has 1 rings (SSSR count). The van der Waals surface area contributed by atoms with Crippen molar-refractivity contribution in [2.24, 2.45) is 11.7 Å². The second-order valence-corrected chi connectivity index (χ2v) is 3.54.